The predicted octanol–water partition coefficient (Wildman–Crippen LogP) is 3.01. The molecule has 1 unspecified atom stereocenters. The Morgan fingerprint density at radius 2 is 2.00 bits per heavy atom. The standard InChI is InChI=1S/C18H21ClN4O2/c1-12(22-7-9-23(10-8-22)18(24)13-5-6-13)16-20-21-17(25-16)14-3-2-4-15(19)11-14/h2-4,11-13H,5-10H2,1H3. The molecular formula is C18H21ClN4O2. The van der Waals surface area contributed by atoms with E-state index in [2.05, 4.69) is 22.0 Å². The van der Waals surface area contributed by atoms with Gasteiger partial charge in [0, 0.05) is 42.7 Å². The molecule has 0 spiro atoms. The highest BCUT2D eigenvalue weighted by Gasteiger charge is 2.35. The lowest BCUT2D eigenvalue weighted by Gasteiger charge is -2.37. The van der Waals surface area contributed by atoms with Crippen LogP contribution in [0.5, 0.6) is 0 Å². The van der Waals surface area contributed by atoms with Gasteiger partial charge in [-0.3, -0.25) is 9.69 Å². The molecule has 2 aliphatic rings. The minimum absolute atomic E-state index is 0.0265. The number of carbonyl (C=O) groups excluding carboxylic acids is 1. The first-order chi connectivity index (χ1) is 12.1. The van der Waals surface area contributed by atoms with E-state index < -0.39 is 0 Å². The molecule has 2 fully saturated rings. The molecule has 1 aliphatic carbocycles. The van der Waals surface area contributed by atoms with Gasteiger partial charge >= 0.3 is 0 Å². The number of carbonyl (C=O) groups is 1. The second-order valence-electron chi connectivity index (χ2n) is 6.77. The summed E-state index contributed by atoms with van der Waals surface area (Å²) >= 11 is 6.02. The number of halogens is 1. The molecule has 0 bridgehead atoms. The molecule has 1 aliphatic heterocycles. The Bertz CT molecular complexity index is 766. The van der Waals surface area contributed by atoms with Crippen molar-refractivity contribution in [1.29, 1.82) is 0 Å². The summed E-state index contributed by atoms with van der Waals surface area (Å²) in [5.74, 6) is 1.69. The zero-order chi connectivity index (χ0) is 17.4. The fourth-order valence-corrected chi connectivity index (χ4v) is 3.41. The van der Waals surface area contributed by atoms with Gasteiger partial charge < -0.3 is 9.32 Å². The Balaban J connectivity index is 1.40. The van der Waals surface area contributed by atoms with Gasteiger partial charge in [-0.15, -0.1) is 10.2 Å². The molecule has 2 heterocycles. The van der Waals surface area contributed by atoms with Crippen molar-refractivity contribution in [3.05, 3.63) is 35.2 Å². The molecule has 7 heteroatoms. The number of nitrogens with zero attached hydrogens (tertiary/aromatic N) is 4. The van der Waals surface area contributed by atoms with Crippen molar-refractivity contribution < 1.29 is 9.21 Å². The summed E-state index contributed by atoms with van der Waals surface area (Å²) in [7, 11) is 0. The van der Waals surface area contributed by atoms with Crippen molar-refractivity contribution in [2.45, 2.75) is 25.8 Å². The molecule has 6 nitrogen and oxygen atoms in total. The lowest BCUT2D eigenvalue weighted by molar-refractivity contribution is -0.134. The molecule has 132 valence electrons. The second kappa shape index (κ2) is 6.77. The highest BCUT2D eigenvalue weighted by Crippen LogP contribution is 2.32. The average Bonchev–Trinajstić information content (AvgIpc) is 3.37. The maximum atomic E-state index is 12.2. The number of benzene rings is 1. The molecule has 1 amide bonds. The van der Waals surface area contributed by atoms with Gasteiger partial charge in [0.1, 0.15) is 0 Å². The summed E-state index contributed by atoms with van der Waals surface area (Å²) in [5, 5.41) is 9.00. The number of piperazine rings is 1. The molecule has 1 aromatic heterocycles. The smallest absolute Gasteiger partial charge is 0.247 e. The third-order valence-electron chi connectivity index (χ3n) is 4.97. The Morgan fingerprint density at radius 1 is 1.24 bits per heavy atom. The lowest BCUT2D eigenvalue weighted by Crippen LogP contribution is -2.49. The van der Waals surface area contributed by atoms with Crippen LogP contribution in [0.4, 0.5) is 0 Å². The van der Waals surface area contributed by atoms with Crippen LogP contribution in [0.15, 0.2) is 28.7 Å². The van der Waals surface area contributed by atoms with E-state index in [0.717, 1.165) is 44.6 Å². The van der Waals surface area contributed by atoms with E-state index in [1.807, 2.05) is 29.2 Å². The fraction of sp³-hybridized carbons (Fsp3) is 0.500. The van der Waals surface area contributed by atoms with Crippen LogP contribution < -0.4 is 0 Å². The van der Waals surface area contributed by atoms with Crippen LogP contribution in [0.25, 0.3) is 11.5 Å². The van der Waals surface area contributed by atoms with E-state index in [9.17, 15) is 4.79 Å². The summed E-state index contributed by atoms with van der Waals surface area (Å²) < 4.78 is 5.86. The van der Waals surface area contributed by atoms with Crippen molar-refractivity contribution in [1.82, 2.24) is 20.0 Å². The first-order valence-electron chi connectivity index (χ1n) is 8.74. The predicted molar refractivity (Wildman–Crippen MR) is 94.0 cm³/mol. The molecule has 4 rings (SSSR count). The van der Waals surface area contributed by atoms with Crippen molar-refractivity contribution in [3.63, 3.8) is 0 Å². The van der Waals surface area contributed by atoms with Gasteiger partial charge in [-0.25, -0.2) is 0 Å². The minimum Gasteiger partial charge on any atom is -0.419 e. The Labute approximate surface area is 151 Å². The normalized spacial score (nSPS) is 19.8. The van der Waals surface area contributed by atoms with Gasteiger partial charge in [0.2, 0.25) is 17.7 Å². The van der Waals surface area contributed by atoms with Gasteiger partial charge in [-0.1, -0.05) is 17.7 Å². The Hall–Kier alpha value is -1.92. The van der Waals surface area contributed by atoms with Crippen molar-refractivity contribution in [2.24, 2.45) is 5.92 Å². The SMILES string of the molecule is CC(c1nnc(-c2cccc(Cl)c2)o1)N1CCN(C(=O)C2CC2)CC1. The first-order valence-corrected chi connectivity index (χ1v) is 9.12. The van der Waals surface area contributed by atoms with Crippen molar-refractivity contribution >= 4 is 17.5 Å². The number of aromatic nitrogens is 2. The summed E-state index contributed by atoms with van der Waals surface area (Å²) in [4.78, 5) is 16.4. The summed E-state index contributed by atoms with van der Waals surface area (Å²) in [6.45, 7) is 5.26. The Kier molecular flexibility index (Phi) is 4.48. The van der Waals surface area contributed by atoms with E-state index in [0.29, 0.717) is 28.6 Å². The molecule has 1 saturated carbocycles. The summed E-state index contributed by atoms with van der Waals surface area (Å²) in [6, 6.07) is 7.41. The topological polar surface area (TPSA) is 62.5 Å². The zero-order valence-electron chi connectivity index (χ0n) is 14.2. The number of rotatable bonds is 4. The molecule has 0 radical (unpaired) electrons. The van der Waals surface area contributed by atoms with Crippen LogP contribution in [0.1, 0.15) is 31.7 Å². The van der Waals surface area contributed by atoms with Crippen LogP contribution in [0, 0.1) is 5.92 Å². The lowest BCUT2D eigenvalue weighted by atomic mass is 10.2. The van der Waals surface area contributed by atoms with Gasteiger partial charge in [-0.2, -0.15) is 0 Å². The first kappa shape index (κ1) is 16.5. The van der Waals surface area contributed by atoms with Crippen LogP contribution in [0.2, 0.25) is 5.02 Å². The highest BCUT2D eigenvalue weighted by atomic mass is 35.5. The van der Waals surface area contributed by atoms with E-state index >= 15 is 0 Å². The van der Waals surface area contributed by atoms with Crippen LogP contribution in [0.3, 0.4) is 0 Å². The zero-order valence-corrected chi connectivity index (χ0v) is 14.9. The van der Waals surface area contributed by atoms with Gasteiger partial charge in [0.05, 0.1) is 6.04 Å². The highest BCUT2D eigenvalue weighted by molar-refractivity contribution is 6.30. The summed E-state index contributed by atoms with van der Waals surface area (Å²) in [5.41, 5.74) is 0.818. The maximum absolute atomic E-state index is 12.2. The third-order valence-corrected chi connectivity index (χ3v) is 5.20. The van der Waals surface area contributed by atoms with Gasteiger partial charge in [0.25, 0.3) is 0 Å². The number of hydrogen-bond donors (Lipinski definition) is 0. The van der Waals surface area contributed by atoms with Crippen LogP contribution >= 0.6 is 11.6 Å². The summed E-state index contributed by atoms with van der Waals surface area (Å²) in [6.07, 6.45) is 2.12. The molecule has 2 aromatic rings. The van der Waals surface area contributed by atoms with E-state index in [1.165, 1.54) is 0 Å². The number of amides is 1. The van der Waals surface area contributed by atoms with Crippen LogP contribution in [-0.4, -0.2) is 52.1 Å². The maximum Gasteiger partial charge on any atom is 0.247 e. The molecule has 1 saturated heterocycles. The number of hydrogen-bond acceptors (Lipinski definition) is 5. The molecule has 25 heavy (non-hydrogen) atoms. The molecule has 1 atom stereocenters. The quantitative estimate of drug-likeness (QED) is 0.838. The molecule has 0 N–H and O–H groups in total. The van der Waals surface area contributed by atoms with Crippen molar-refractivity contribution in [3.8, 4) is 11.5 Å². The molecule has 1 aromatic carbocycles. The van der Waals surface area contributed by atoms with Gasteiger partial charge in [-0.05, 0) is 38.0 Å². The Morgan fingerprint density at radius 3 is 2.68 bits per heavy atom. The van der Waals surface area contributed by atoms with E-state index in [4.69, 9.17) is 16.0 Å². The average molecular weight is 361 g/mol. The fourth-order valence-electron chi connectivity index (χ4n) is 3.22. The van der Waals surface area contributed by atoms with Gasteiger partial charge in [0.15, 0.2) is 0 Å². The molecular weight excluding hydrogens is 340 g/mol. The minimum atomic E-state index is 0.0265. The third kappa shape index (κ3) is 3.55. The van der Waals surface area contributed by atoms with E-state index in [1.54, 1.807) is 0 Å². The largest absolute Gasteiger partial charge is 0.419 e. The van der Waals surface area contributed by atoms with E-state index in [-0.39, 0.29) is 6.04 Å². The second-order valence-corrected chi connectivity index (χ2v) is 7.20. The van der Waals surface area contributed by atoms with Crippen molar-refractivity contribution in [2.75, 3.05) is 26.2 Å². The van der Waals surface area contributed by atoms with Crippen LogP contribution in [-0.2, 0) is 4.79 Å². The monoisotopic (exact) mass is 360 g/mol.